The molecule has 0 bridgehead atoms. The molecule has 108 valence electrons. The first-order valence-electron chi connectivity index (χ1n) is 5.99. The number of amides is 1. The first-order valence-corrected chi connectivity index (χ1v) is 7.07. The molecule has 0 heterocycles. The monoisotopic (exact) mass is 397 g/mol. The average molecular weight is 397 g/mol. The second kappa shape index (κ2) is 6.57. The van der Waals surface area contributed by atoms with Crippen LogP contribution in [0.25, 0.3) is 0 Å². The van der Waals surface area contributed by atoms with Crippen LogP contribution >= 0.6 is 22.6 Å². The number of aromatic carboxylic acids is 1. The molecule has 0 saturated heterocycles. The van der Waals surface area contributed by atoms with Crippen LogP contribution in [-0.4, -0.2) is 24.1 Å². The predicted molar refractivity (Wildman–Crippen MR) is 87.1 cm³/mol. The van der Waals surface area contributed by atoms with Gasteiger partial charge in [-0.1, -0.05) is 0 Å². The van der Waals surface area contributed by atoms with Crippen LogP contribution in [0.5, 0.6) is 5.75 Å². The van der Waals surface area contributed by atoms with Crippen molar-refractivity contribution >= 4 is 40.2 Å². The number of rotatable bonds is 4. The predicted octanol–water partition coefficient (Wildman–Crippen LogP) is 3.25. The molecule has 0 aromatic heterocycles. The first kappa shape index (κ1) is 15.3. The standard InChI is InChI=1S/C15H12INO4/c1-21-11-6-7-13(12(8-11)15(19)20)17-14(18)9-2-4-10(16)5-3-9/h2-8H,1H3,(H,17,18)(H,19,20). The Morgan fingerprint density at radius 2 is 1.81 bits per heavy atom. The van der Waals surface area contributed by atoms with Crippen LogP contribution < -0.4 is 10.1 Å². The third-order valence-corrected chi connectivity index (χ3v) is 3.53. The zero-order chi connectivity index (χ0) is 15.4. The minimum atomic E-state index is -1.13. The third kappa shape index (κ3) is 3.72. The molecule has 2 rings (SSSR count). The van der Waals surface area contributed by atoms with Gasteiger partial charge in [0.05, 0.1) is 18.4 Å². The zero-order valence-corrected chi connectivity index (χ0v) is 13.2. The van der Waals surface area contributed by atoms with Crippen molar-refractivity contribution < 1.29 is 19.4 Å². The minimum Gasteiger partial charge on any atom is -0.497 e. The van der Waals surface area contributed by atoms with Gasteiger partial charge in [0, 0.05) is 9.13 Å². The van der Waals surface area contributed by atoms with Crippen molar-refractivity contribution in [2.75, 3.05) is 12.4 Å². The van der Waals surface area contributed by atoms with Gasteiger partial charge in [0.15, 0.2) is 0 Å². The lowest BCUT2D eigenvalue weighted by molar-refractivity contribution is 0.0697. The molecule has 0 spiro atoms. The van der Waals surface area contributed by atoms with Crippen molar-refractivity contribution in [3.63, 3.8) is 0 Å². The molecular formula is C15H12INO4. The molecule has 6 heteroatoms. The number of carboxylic acid groups (broad SMARTS) is 1. The molecule has 0 aliphatic heterocycles. The van der Waals surface area contributed by atoms with Crippen LogP contribution in [0, 0.1) is 3.57 Å². The number of anilines is 1. The number of hydrogen-bond acceptors (Lipinski definition) is 3. The minimum absolute atomic E-state index is 0.0202. The number of benzene rings is 2. The van der Waals surface area contributed by atoms with Crippen LogP contribution in [0.3, 0.4) is 0 Å². The summed E-state index contributed by atoms with van der Waals surface area (Å²) in [6.07, 6.45) is 0. The molecule has 0 radical (unpaired) electrons. The highest BCUT2D eigenvalue weighted by atomic mass is 127. The largest absolute Gasteiger partial charge is 0.497 e. The van der Waals surface area contributed by atoms with Crippen molar-refractivity contribution in [2.45, 2.75) is 0 Å². The highest BCUT2D eigenvalue weighted by Crippen LogP contribution is 2.22. The number of ether oxygens (including phenoxy) is 1. The Labute approximate surface area is 135 Å². The van der Waals surface area contributed by atoms with Gasteiger partial charge in [-0.3, -0.25) is 4.79 Å². The second-order valence-corrected chi connectivity index (χ2v) is 5.42. The van der Waals surface area contributed by atoms with E-state index in [4.69, 9.17) is 4.74 Å². The van der Waals surface area contributed by atoms with E-state index in [1.165, 1.54) is 19.2 Å². The average Bonchev–Trinajstić information content (AvgIpc) is 2.48. The van der Waals surface area contributed by atoms with Gasteiger partial charge < -0.3 is 15.2 Å². The number of nitrogens with one attached hydrogen (secondary N) is 1. The topological polar surface area (TPSA) is 75.6 Å². The van der Waals surface area contributed by atoms with E-state index in [1.807, 2.05) is 12.1 Å². The summed E-state index contributed by atoms with van der Waals surface area (Å²) in [5.74, 6) is -1.08. The summed E-state index contributed by atoms with van der Waals surface area (Å²) in [6.45, 7) is 0. The number of carboxylic acids is 1. The summed E-state index contributed by atoms with van der Waals surface area (Å²) < 4.78 is 6.00. The van der Waals surface area contributed by atoms with Crippen LogP contribution in [0.4, 0.5) is 5.69 Å². The Balaban J connectivity index is 2.28. The lowest BCUT2D eigenvalue weighted by Crippen LogP contribution is -2.14. The molecule has 0 atom stereocenters. The highest BCUT2D eigenvalue weighted by molar-refractivity contribution is 14.1. The normalized spacial score (nSPS) is 10.0. The van der Waals surface area contributed by atoms with E-state index >= 15 is 0 Å². The third-order valence-electron chi connectivity index (χ3n) is 2.81. The number of carbonyl (C=O) groups is 2. The van der Waals surface area contributed by atoms with E-state index in [1.54, 1.807) is 18.2 Å². The molecular weight excluding hydrogens is 385 g/mol. The maximum Gasteiger partial charge on any atom is 0.337 e. The van der Waals surface area contributed by atoms with E-state index in [9.17, 15) is 14.7 Å². The molecule has 2 N–H and O–H groups in total. The van der Waals surface area contributed by atoms with E-state index in [0.29, 0.717) is 11.3 Å². The molecule has 21 heavy (non-hydrogen) atoms. The quantitative estimate of drug-likeness (QED) is 0.777. The zero-order valence-electron chi connectivity index (χ0n) is 11.1. The van der Waals surface area contributed by atoms with Crippen LogP contribution in [0.1, 0.15) is 20.7 Å². The summed E-state index contributed by atoms with van der Waals surface area (Å²) in [4.78, 5) is 23.4. The highest BCUT2D eigenvalue weighted by Gasteiger charge is 2.14. The van der Waals surface area contributed by atoms with Crippen molar-refractivity contribution in [1.29, 1.82) is 0 Å². The van der Waals surface area contributed by atoms with Gasteiger partial charge in [-0.15, -0.1) is 0 Å². The SMILES string of the molecule is COc1ccc(NC(=O)c2ccc(I)cc2)c(C(=O)O)c1. The lowest BCUT2D eigenvalue weighted by Gasteiger charge is -2.10. The molecule has 0 saturated carbocycles. The molecule has 0 fully saturated rings. The summed E-state index contributed by atoms with van der Waals surface area (Å²) in [6, 6.07) is 11.4. The number of hydrogen-bond donors (Lipinski definition) is 2. The molecule has 2 aromatic carbocycles. The van der Waals surface area contributed by atoms with Crippen LogP contribution in [0.15, 0.2) is 42.5 Å². The van der Waals surface area contributed by atoms with Gasteiger partial charge >= 0.3 is 5.97 Å². The summed E-state index contributed by atoms with van der Waals surface area (Å²) in [5, 5.41) is 11.8. The smallest absolute Gasteiger partial charge is 0.337 e. The van der Waals surface area contributed by atoms with Gasteiger partial charge in [-0.2, -0.15) is 0 Å². The van der Waals surface area contributed by atoms with Gasteiger partial charge in [0.1, 0.15) is 5.75 Å². The molecule has 0 aliphatic rings. The van der Waals surface area contributed by atoms with Crippen molar-refractivity contribution in [3.8, 4) is 5.75 Å². The van der Waals surface area contributed by atoms with Crippen molar-refractivity contribution in [2.24, 2.45) is 0 Å². The van der Waals surface area contributed by atoms with E-state index in [-0.39, 0.29) is 17.2 Å². The number of methoxy groups -OCH3 is 1. The Morgan fingerprint density at radius 3 is 2.38 bits per heavy atom. The fourth-order valence-electron chi connectivity index (χ4n) is 1.73. The Bertz CT molecular complexity index is 683. The second-order valence-electron chi connectivity index (χ2n) is 4.18. The summed E-state index contributed by atoms with van der Waals surface area (Å²) in [7, 11) is 1.45. The first-order chi connectivity index (χ1) is 10.0. The molecule has 0 unspecified atom stereocenters. The molecule has 5 nitrogen and oxygen atoms in total. The van der Waals surface area contributed by atoms with Gasteiger partial charge in [0.25, 0.3) is 5.91 Å². The Kier molecular flexibility index (Phi) is 4.79. The number of carbonyl (C=O) groups excluding carboxylic acids is 1. The maximum absolute atomic E-state index is 12.1. The van der Waals surface area contributed by atoms with Crippen molar-refractivity contribution in [1.82, 2.24) is 0 Å². The van der Waals surface area contributed by atoms with Gasteiger partial charge in [0.2, 0.25) is 0 Å². The van der Waals surface area contributed by atoms with Crippen LogP contribution in [-0.2, 0) is 0 Å². The lowest BCUT2D eigenvalue weighted by atomic mass is 10.1. The number of halogens is 1. The van der Waals surface area contributed by atoms with E-state index in [2.05, 4.69) is 27.9 Å². The summed E-state index contributed by atoms with van der Waals surface area (Å²) >= 11 is 2.14. The fourth-order valence-corrected chi connectivity index (χ4v) is 2.09. The van der Waals surface area contributed by atoms with Crippen LogP contribution in [0.2, 0.25) is 0 Å². The molecule has 0 aliphatic carbocycles. The maximum atomic E-state index is 12.1. The molecule has 2 aromatic rings. The Hall–Kier alpha value is -2.09. The fraction of sp³-hybridized carbons (Fsp3) is 0.0667. The van der Waals surface area contributed by atoms with Gasteiger partial charge in [-0.05, 0) is 65.1 Å². The van der Waals surface area contributed by atoms with E-state index in [0.717, 1.165) is 3.57 Å². The summed E-state index contributed by atoms with van der Waals surface area (Å²) in [5.41, 5.74) is 0.669. The Morgan fingerprint density at radius 1 is 1.14 bits per heavy atom. The van der Waals surface area contributed by atoms with Gasteiger partial charge in [-0.25, -0.2) is 4.79 Å². The van der Waals surface area contributed by atoms with E-state index < -0.39 is 5.97 Å². The van der Waals surface area contributed by atoms with Crippen molar-refractivity contribution in [3.05, 3.63) is 57.2 Å². The molecule has 1 amide bonds.